The summed E-state index contributed by atoms with van der Waals surface area (Å²) in [5, 5.41) is 0.495. The number of hydrogen-bond acceptors (Lipinski definition) is 3. The summed E-state index contributed by atoms with van der Waals surface area (Å²) in [6.07, 6.45) is 1.95. The van der Waals surface area contributed by atoms with Gasteiger partial charge >= 0.3 is 0 Å². The van der Waals surface area contributed by atoms with Crippen LogP contribution < -0.4 is 10.5 Å². The Morgan fingerprint density at radius 1 is 1.35 bits per heavy atom. The Kier molecular flexibility index (Phi) is 4.74. The summed E-state index contributed by atoms with van der Waals surface area (Å²) in [5.74, 6) is 0.901. The van der Waals surface area contributed by atoms with E-state index in [4.69, 9.17) is 17.3 Å². The molecule has 1 aliphatic rings. The van der Waals surface area contributed by atoms with Crippen molar-refractivity contribution in [3.8, 4) is 0 Å². The number of halogens is 1. The van der Waals surface area contributed by atoms with Gasteiger partial charge in [-0.25, -0.2) is 13.1 Å². The van der Waals surface area contributed by atoms with Crippen molar-refractivity contribution in [1.29, 1.82) is 0 Å². The first kappa shape index (κ1) is 15.8. The van der Waals surface area contributed by atoms with Gasteiger partial charge in [-0.2, -0.15) is 0 Å². The van der Waals surface area contributed by atoms with Gasteiger partial charge in [-0.1, -0.05) is 25.4 Å². The van der Waals surface area contributed by atoms with E-state index >= 15 is 0 Å². The first-order chi connectivity index (χ1) is 9.35. The summed E-state index contributed by atoms with van der Waals surface area (Å²) in [6, 6.07) is 4.66. The van der Waals surface area contributed by atoms with Crippen LogP contribution in [0.3, 0.4) is 0 Å². The zero-order valence-electron chi connectivity index (χ0n) is 11.8. The molecule has 0 bridgehead atoms. The Morgan fingerprint density at radius 2 is 2.05 bits per heavy atom. The van der Waals surface area contributed by atoms with Crippen LogP contribution in [0.1, 0.15) is 32.3 Å². The van der Waals surface area contributed by atoms with Gasteiger partial charge in [0, 0.05) is 17.6 Å². The van der Waals surface area contributed by atoms with E-state index in [9.17, 15) is 8.42 Å². The molecule has 4 nitrogen and oxygen atoms in total. The normalized spacial score (nSPS) is 26.9. The first-order valence-corrected chi connectivity index (χ1v) is 8.72. The molecule has 1 aromatic rings. The Morgan fingerprint density at radius 3 is 2.60 bits per heavy atom. The summed E-state index contributed by atoms with van der Waals surface area (Å²) in [7, 11) is -3.51. The van der Waals surface area contributed by atoms with Gasteiger partial charge < -0.3 is 5.73 Å². The molecule has 0 aromatic heterocycles. The lowest BCUT2D eigenvalue weighted by atomic mass is 9.98. The second-order valence-electron chi connectivity index (χ2n) is 5.60. The van der Waals surface area contributed by atoms with Crippen molar-refractivity contribution < 1.29 is 8.42 Å². The molecule has 0 amide bonds. The second-order valence-corrected chi connectivity index (χ2v) is 7.72. The maximum Gasteiger partial charge on any atom is 0.240 e. The molecular weight excluding hydrogens is 296 g/mol. The van der Waals surface area contributed by atoms with Gasteiger partial charge in [-0.3, -0.25) is 0 Å². The molecule has 1 aliphatic carbocycles. The van der Waals surface area contributed by atoms with E-state index < -0.39 is 10.0 Å². The predicted molar refractivity (Wildman–Crippen MR) is 81.0 cm³/mol. The number of sulfonamides is 1. The van der Waals surface area contributed by atoms with Gasteiger partial charge in [0.15, 0.2) is 0 Å². The maximum absolute atomic E-state index is 12.4. The maximum atomic E-state index is 12.4. The average molecular weight is 317 g/mol. The van der Waals surface area contributed by atoms with Crippen LogP contribution in [-0.4, -0.2) is 14.5 Å². The molecule has 6 heteroatoms. The number of nitrogens with two attached hydrogens (primary N) is 1. The van der Waals surface area contributed by atoms with Crippen LogP contribution in [-0.2, 0) is 16.6 Å². The fraction of sp³-hybridized carbons (Fsp3) is 0.571. The van der Waals surface area contributed by atoms with Crippen molar-refractivity contribution in [3.05, 3.63) is 28.8 Å². The van der Waals surface area contributed by atoms with E-state index in [-0.39, 0.29) is 17.5 Å². The van der Waals surface area contributed by atoms with Crippen LogP contribution in [0.5, 0.6) is 0 Å². The number of nitrogens with one attached hydrogen (secondary N) is 1. The molecule has 1 fully saturated rings. The Bertz CT molecular complexity index is 589. The summed E-state index contributed by atoms with van der Waals surface area (Å²) in [5.41, 5.74) is 6.21. The van der Waals surface area contributed by atoms with E-state index in [0.717, 1.165) is 12.8 Å². The third-order valence-electron chi connectivity index (χ3n) is 4.32. The molecule has 20 heavy (non-hydrogen) atoms. The lowest BCUT2D eigenvalue weighted by Gasteiger charge is -2.20. The van der Waals surface area contributed by atoms with Crippen LogP contribution in [0.15, 0.2) is 23.1 Å². The molecule has 0 spiro atoms. The summed E-state index contributed by atoms with van der Waals surface area (Å²) in [4.78, 5) is 0.231. The average Bonchev–Trinajstić information content (AvgIpc) is 2.70. The second kappa shape index (κ2) is 6.02. The van der Waals surface area contributed by atoms with Crippen molar-refractivity contribution in [2.24, 2.45) is 17.6 Å². The Labute approximate surface area is 125 Å². The van der Waals surface area contributed by atoms with Gasteiger partial charge in [0.25, 0.3) is 0 Å². The van der Waals surface area contributed by atoms with E-state index in [1.54, 1.807) is 12.1 Å². The fourth-order valence-electron chi connectivity index (χ4n) is 2.67. The van der Waals surface area contributed by atoms with Crippen molar-refractivity contribution >= 4 is 21.6 Å². The zero-order chi connectivity index (χ0) is 14.9. The topological polar surface area (TPSA) is 72.2 Å². The minimum Gasteiger partial charge on any atom is -0.326 e. The quantitative estimate of drug-likeness (QED) is 0.896. The van der Waals surface area contributed by atoms with Gasteiger partial charge in [-0.15, -0.1) is 0 Å². The summed E-state index contributed by atoms with van der Waals surface area (Å²) < 4.78 is 27.7. The molecule has 1 aromatic carbocycles. The largest absolute Gasteiger partial charge is 0.326 e. The van der Waals surface area contributed by atoms with Crippen LogP contribution >= 0.6 is 11.6 Å². The highest BCUT2D eigenvalue weighted by atomic mass is 35.5. The number of rotatable bonds is 4. The molecule has 0 radical (unpaired) electrons. The number of hydrogen-bond donors (Lipinski definition) is 2. The summed E-state index contributed by atoms with van der Waals surface area (Å²) in [6.45, 7) is 4.48. The molecule has 0 aliphatic heterocycles. The third-order valence-corrected chi connectivity index (χ3v) is 6.18. The highest BCUT2D eigenvalue weighted by Gasteiger charge is 2.33. The SMILES string of the molecule is CC1CCC(NS(=O)(=O)c2ccc(Cl)c(CN)c2)C1C. The molecule has 0 heterocycles. The predicted octanol–water partition coefficient (Wildman–Crippen LogP) is 2.51. The standard InChI is InChI=1S/C14H21ClN2O2S/c1-9-3-6-14(10(9)2)17-20(18,19)12-4-5-13(15)11(7-12)8-16/h4-5,7,9-10,14,17H,3,6,8,16H2,1-2H3. The highest BCUT2D eigenvalue weighted by Crippen LogP contribution is 2.32. The van der Waals surface area contributed by atoms with E-state index in [2.05, 4.69) is 18.6 Å². The van der Waals surface area contributed by atoms with E-state index in [0.29, 0.717) is 22.4 Å². The van der Waals surface area contributed by atoms with Crippen molar-refractivity contribution in [1.82, 2.24) is 4.72 Å². The number of benzene rings is 1. The van der Waals surface area contributed by atoms with Crippen LogP contribution in [0.25, 0.3) is 0 Å². The molecular formula is C14H21ClN2O2S. The highest BCUT2D eigenvalue weighted by molar-refractivity contribution is 7.89. The lowest BCUT2D eigenvalue weighted by molar-refractivity contribution is 0.402. The monoisotopic (exact) mass is 316 g/mol. The third kappa shape index (κ3) is 3.17. The minimum atomic E-state index is -3.51. The van der Waals surface area contributed by atoms with Gasteiger partial charge in [-0.05, 0) is 48.4 Å². The molecule has 3 N–H and O–H groups in total. The molecule has 1 saturated carbocycles. The van der Waals surface area contributed by atoms with Gasteiger partial charge in [0.1, 0.15) is 0 Å². The van der Waals surface area contributed by atoms with Crippen molar-refractivity contribution in [2.75, 3.05) is 0 Å². The molecule has 2 rings (SSSR count). The van der Waals surface area contributed by atoms with Crippen LogP contribution in [0, 0.1) is 11.8 Å². The van der Waals surface area contributed by atoms with E-state index in [1.807, 2.05) is 0 Å². The minimum absolute atomic E-state index is 0.00649. The molecule has 0 saturated heterocycles. The Balaban J connectivity index is 2.22. The first-order valence-electron chi connectivity index (χ1n) is 6.86. The van der Waals surface area contributed by atoms with Gasteiger partial charge in [0.05, 0.1) is 4.90 Å². The zero-order valence-corrected chi connectivity index (χ0v) is 13.3. The fourth-order valence-corrected chi connectivity index (χ4v) is 4.28. The van der Waals surface area contributed by atoms with Crippen LogP contribution in [0.2, 0.25) is 5.02 Å². The summed E-state index contributed by atoms with van der Waals surface area (Å²) >= 11 is 5.96. The van der Waals surface area contributed by atoms with Gasteiger partial charge in [0.2, 0.25) is 10.0 Å². The molecule has 112 valence electrons. The smallest absolute Gasteiger partial charge is 0.240 e. The molecule has 3 unspecified atom stereocenters. The van der Waals surface area contributed by atoms with E-state index in [1.165, 1.54) is 6.07 Å². The lowest BCUT2D eigenvalue weighted by Crippen LogP contribution is -2.37. The molecule has 3 atom stereocenters. The van der Waals surface area contributed by atoms with Crippen molar-refractivity contribution in [2.45, 2.75) is 44.2 Å². The van der Waals surface area contributed by atoms with Crippen molar-refractivity contribution in [3.63, 3.8) is 0 Å². The Hall–Kier alpha value is -0.620. The van der Waals surface area contributed by atoms with Crippen LogP contribution in [0.4, 0.5) is 0 Å².